The zero-order valence-corrected chi connectivity index (χ0v) is 14.0. The summed E-state index contributed by atoms with van der Waals surface area (Å²) in [6, 6.07) is 0. The van der Waals surface area contributed by atoms with Gasteiger partial charge in [-0.15, -0.1) is 0 Å². The molecule has 0 unspecified atom stereocenters. The SMILES string of the molecule is CCCn1nc(C)c([N+](=O)[O-])c1NCCCCCCSC. The predicted molar refractivity (Wildman–Crippen MR) is 89.2 cm³/mol. The molecule has 1 heterocycles. The van der Waals surface area contributed by atoms with Crippen molar-refractivity contribution < 1.29 is 4.92 Å². The van der Waals surface area contributed by atoms with Gasteiger partial charge >= 0.3 is 5.69 Å². The van der Waals surface area contributed by atoms with Crippen LogP contribution in [0, 0.1) is 17.0 Å². The lowest BCUT2D eigenvalue weighted by Crippen LogP contribution is -2.10. The van der Waals surface area contributed by atoms with Crippen molar-refractivity contribution in [2.24, 2.45) is 0 Å². The van der Waals surface area contributed by atoms with Gasteiger partial charge in [-0.3, -0.25) is 10.1 Å². The topological polar surface area (TPSA) is 73.0 Å². The van der Waals surface area contributed by atoms with Crippen molar-refractivity contribution in [3.8, 4) is 0 Å². The fourth-order valence-electron chi connectivity index (χ4n) is 2.27. The highest BCUT2D eigenvalue weighted by Crippen LogP contribution is 2.28. The number of hydrogen-bond donors (Lipinski definition) is 1. The first-order chi connectivity index (χ1) is 10.1. The molecule has 1 N–H and O–H groups in total. The van der Waals surface area contributed by atoms with Gasteiger partial charge in [0.25, 0.3) is 0 Å². The Morgan fingerprint density at radius 1 is 1.33 bits per heavy atom. The Morgan fingerprint density at radius 2 is 2.05 bits per heavy atom. The van der Waals surface area contributed by atoms with Crippen LogP contribution in [0.3, 0.4) is 0 Å². The quantitative estimate of drug-likeness (QED) is 0.381. The van der Waals surface area contributed by atoms with Crippen LogP contribution in [-0.4, -0.2) is 33.3 Å². The van der Waals surface area contributed by atoms with Gasteiger partial charge < -0.3 is 5.32 Å². The van der Waals surface area contributed by atoms with E-state index in [0.717, 1.165) is 25.8 Å². The van der Waals surface area contributed by atoms with Crippen molar-refractivity contribution in [3.63, 3.8) is 0 Å². The zero-order valence-electron chi connectivity index (χ0n) is 13.2. The third-order valence-electron chi connectivity index (χ3n) is 3.28. The molecule has 0 amide bonds. The molecule has 0 atom stereocenters. The summed E-state index contributed by atoms with van der Waals surface area (Å²) in [5.41, 5.74) is 0.599. The molecular weight excluding hydrogens is 288 g/mol. The molecule has 0 aliphatic heterocycles. The summed E-state index contributed by atoms with van der Waals surface area (Å²) in [7, 11) is 0. The lowest BCUT2D eigenvalue weighted by atomic mass is 10.2. The average Bonchev–Trinajstić information content (AvgIpc) is 2.74. The largest absolute Gasteiger partial charge is 0.365 e. The van der Waals surface area contributed by atoms with E-state index in [1.807, 2.05) is 18.7 Å². The molecule has 0 bridgehead atoms. The maximum atomic E-state index is 11.2. The summed E-state index contributed by atoms with van der Waals surface area (Å²) in [4.78, 5) is 10.8. The predicted octanol–water partition coefficient (Wildman–Crippen LogP) is 3.85. The molecule has 0 saturated heterocycles. The number of nitro groups is 1. The molecule has 7 heteroatoms. The van der Waals surface area contributed by atoms with Crippen LogP contribution in [-0.2, 0) is 6.54 Å². The van der Waals surface area contributed by atoms with Crippen LogP contribution >= 0.6 is 11.8 Å². The second-order valence-electron chi connectivity index (χ2n) is 5.10. The van der Waals surface area contributed by atoms with E-state index in [4.69, 9.17) is 0 Å². The summed E-state index contributed by atoms with van der Waals surface area (Å²) in [6.45, 7) is 5.19. The van der Waals surface area contributed by atoms with Crippen LogP contribution in [0.2, 0.25) is 0 Å². The number of rotatable bonds is 11. The highest BCUT2D eigenvalue weighted by Gasteiger charge is 2.24. The maximum Gasteiger partial charge on any atom is 0.333 e. The van der Waals surface area contributed by atoms with Crippen LogP contribution in [0.5, 0.6) is 0 Å². The van der Waals surface area contributed by atoms with E-state index in [1.165, 1.54) is 18.6 Å². The number of nitrogens with zero attached hydrogens (tertiary/aromatic N) is 3. The second kappa shape index (κ2) is 9.65. The first-order valence-electron chi connectivity index (χ1n) is 7.56. The molecule has 0 radical (unpaired) electrons. The van der Waals surface area contributed by atoms with E-state index in [-0.39, 0.29) is 10.6 Å². The van der Waals surface area contributed by atoms with Gasteiger partial charge in [-0.25, -0.2) is 4.68 Å². The van der Waals surface area contributed by atoms with E-state index in [9.17, 15) is 10.1 Å². The van der Waals surface area contributed by atoms with Crippen molar-refractivity contribution in [2.75, 3.05) is 23.9 Å². The Balaban J connectivity index is 2.54. The normalized spacial score (nSPS) is 10.8. The fraction of sp³-hybridized carbons (Fsp3) is 0.786. The van der Waals surface area contributed by atoms with Crippen LogP contribution in [0.25, 0.3) is 0 Å². The number of anilines is 1. The Labute approximate surface area is 130 Å². The third-order valence-corrected chi connectivity index (χ3v) is 3.98. The summed E-state index contributed by atoms with van der Waals surface area (Å²) >= 11 is 1.88. The number of aryl methyl sites for hydroxylation is 2. The van der Waals surface area contributed by atoms with Crippen LogP contribution < -0.4 is 5.32 Å². The summed E-state index contributed by atoms with van der Waals surface area (Å²) in [5, 5.41) is 18.7. The lowest BCUT2D eigenvalue weighted by Gasteiger charge is -2.08. The van der Waals surface area contributed by atoms with E-state index < -0.39 is 0 Å². The number of thioether (sulfide) groups is 1. The van der Waals surface area contributed by atoms with Crippen LogP contribution in [0.15, 0.2) is 0 Å². The fourth-order valence-corrected chi connectivity index (χ4v) is 2.76. The standard InChI is InChI=1S/C14H26N4O2S/c1-4-10-17-14(13(18(19)20)12(2)16-17)15-9-7-5-6-8-11-21-3/h15H,4-11H2,1-3H3. The van der Waals surface area contributed by atoms with Gasteiger partial charge in [0.05, 0.1) is 4.92 Å². The number of nitrogens with one attached hydrogen (secondary N) is 1. The molecule has 0 aliphatic rings. The molecule has 1 rings (SSSR count). The van der Waals surface area contributed by atoms with Gasteiger partial charge in [0.15, 0.2) is 0 Å². The molecule has 1 aromatic rings. The van der Waals surface area contributed by atoms with E-state index in [2.05, 4.69) is 16.7 Å². The van der Waals surface area contributed by atoms with Gasteiger partial charge in [0.1, 0.15) is 5.69 Å². The highest BCUT2D eigenvalue weighted by molar-refractivity contribution is 7.98. The van der Waals surface area contributed by atoms with Crippen molar-refractivity contribution in [1.29, 1.82) is 0 Å². The number of aromatic nitrogens is 2. The van der Waals surface area contributed by atoms with Crippen LogP contribution in [0.4, 0.5) is 11.5 Å². The van der Waals surface area contributed by atoms with Crippen molar-refractivity contribution in [1.82, 2.24) is 9.78 Å². The van der Waals surface area contributed by atoms with E-state index in [1.54, 1.807) is 11.6 Å². The Hall–Kier alpha value is -1.24. The molecule has 6 nitrogen and oxygen atoms in total. The second-order valence-corrected chi connectivity index (χ2v) is 6.08. The van der Waals surface area contributed by atoms with Gasteiger partial charge in [-0.2, -0.15) is 16.9 Å². The minimum atomic E-state index is -0.338. The summed E-state index contributed by atoms with van der Waals surface area (Å²) in [5.74, 6) is 1.77. The molecule has 0 aliphatic carbocycles. The minimum absolute atomic E-state index is 0.117. The number of hydrogen-bond acceptors (Lipinski definition) is 5. The van der Waals surface area contributed by atoms with Crippen LogP contribution in [0.1, 0.15) is 44.7 Å². The molecule has 0 aromatic carbocycles. The van der Waals surface area contributed by atoms with Crippen molar-refractivity contribution in [3.05, 3.63) is 15.8 Å². The first kappa shape index (κ1) is 17.8. The van der Waals surface area contributed by atoms with E-state index in [0.29, 0.717) is 18.1 Å². The smallest absolute Gasteiger partial charge is 0.333 e. The Morgan fingerprint density at radius 3 is 2.67 bits per heavy atom. The van der Waals surface area contributed by atoms with Crippen molar-refractivity contribution in [2.45, 2.75) is 52.5 Å². The summed E-state index contributed by atoms with van der Waals surface area (Å²) < 4.78 is 1.72. The number of unbranched alkanes of at least 4 members (excludes halogenated alkanes) is 3. The average molecular weight is 314 g/mol. The maximum absolute atomic E-state index is 11.2. The van der Waals surface area contributed by atoms with Gasteiger partial charge in [-0.1, -0.05) is 19.8 Å². The minimum Gasteiger partial charge on any atom is -0.365 e. The molecule has 21 heavy (non-hydrogen) atoms. The Kier molecular flexibility index (Phi) is 8.19. The molecule has 1 aromatic heterocycles. The third kappa shape index (κ3) is 5.57. The highest BCUT2D eigenvalue weighted by atomic mass is 32.2. The molecular formula is C14H26N4O2S. The zero-order chi connectivity index (χ0) is 15.7. The summed E-state index contributed by atoms with van der Waals surface area (Å²) in [6.07, 6.45) is 7.68. The van der Waals surface area contributed by atoms with Gasteiger partial charge in [0, 0.05) is 13.1 Å². The van der Waals surface area contributed by atoms with Gasteiger partial charge in [-0.05, 0) is 38.2 Å². The molecule has 0 saturated carbocycles. The van der Waals surface area contributed by atoms with Gasteiger partial charge in [0.2, 0.25) is 5.82 Å². The molecule has 120 valence electrons. The van der Waals surface area contributed by atoms with Crippen molar-refractivity contribution >= 4 is 23.3 Å². The molecule has 0 spiro atoms. The lowest BCUT2D eigenvalue weighted by molar-refractivity contribution is -0.384. The van der Waals surface area contributed by atoms with E-state index >= 15 is 0 Å². The molecule has 0 fully saturated rings. The first-order valence-corrected chi connectivity index (χ1v) is 8.95. The Bertz CT molecular complexity index is 448. The monoisotopic (exact) mass is 314 g/mol.